The summed E-state index contributed by atoms with van der Waals surface area (Å²) in [4.78, 5) is 30.4. The molecule has 4 aromatic carbocycles. The van der Waals surface area contributed by atoms with E-state index in [0.29, 0.717) is 28.1 Å². The van der Waals surface area contributed by atoms with Crippen LogP contribution in [-0.4, -0.2) is 39.0 Å². The molecule has 4 heterocycles. The second-order valence-corrected chi connectivity index (χ2v) is 13.8. The van der Waals surface area contributed by atoms with Crippen LogP contribution in [0.1, 0.15) is 28.1 Å². The van der Waals surface area contributed by atoms with Crippen LogP contribution < -0.4 is 30.0 Å². The van der Waals surface area contributed by atoms with Crippen molar-refractivity contribution in [2.75, 3.05) is 16.4 Å². The van der Waals surface area contributed by atoms with E-state index in [9.17, 15) is 44.7 Å². The summed E-state index contributed by atoms with van der Waals surface area (Å²) < 4.78 is 122. The van der Waals surface area contributed by atoms with E-state index in [1.807, 2.05) is 0 Å². The maximum atomic E-state index is 13.7. The normalized spacial score (nSPS) is 13.1. The number of nitrogens with one attached hydrogen (secondary N) is 1. The third-order valence-electron chi connectivity index (χ3n) is 7.74. The number of carbonyl (C=O) groups is 2. The summed E-state index contributed by atoms with van der Waals surface area (Å²) in [7, 11) is 0. The zero-order valence-corrected chi connectivity index (χ0v) is 34.1. The Morgan fingerprint density at radius 3 is 1.35 bits per heavy atom. The van der Waals surface area contributed by atoms with Gasteiger partial charge in [-0.2, -0.15) is 0 Å². The first-order valence-electron chi connectivity index (χ1n) is 16.6. The lowest BCUT2D eigenvalue weighted by molar-refractivity contribution is -0.287. The van der Waals surface area contributed by atoms with E-state index in [-0.39, 0.29) is 51.6 Å². The molecule has 8 rings (SSSR count). The summed E-state index contributed by atoms with van der Waals surface area (Å²) in [6.07, 6.45) is -4.64. The van der Waals surface area contributed by atoms with Crippen LogP contribution in [-0.2, 0) is 0 Å². The van der Waals surface area contributed by atoms with Gasteiger partial charge in [0.2, 0.25) is 0 Å². The van der Waals surface area contributed by atoms with Crippen molar-refractivity contribution in [2.24, 2.45) is 0 Å². The Labute approximate surface area is 376 Å². The van der Waals surface area contributed by atoms with Gasteiger partial charge in [0.05, 0.1) is 15.4 Å². The molecule has 2 aromatic heterocycles. The molecule has 1 amide bonds. The Hall–Kier alpha value is -5.79. The highest BCUT2D eigenvalue weighted by molar-refractivity contribution is 6.67. The minimum absolute atomic E-state index is 0. The number of hydrogen-bond donors (Lipinski definition) is 2. The average molecular weight is 987 g/mol. The molecule has 2 aliphatic rings. The monoisotopic (exact) mass is 984 g/mol. The standard InChI is InChI=1S/C19H9ClF4N2O3.C12H7ClF2N2O2.C7H3ClF2O.CH2Cl2.CH4/c20-11-7-15-14(28-19(23,24)29-15)6-10(11)9-4-5-16(25-8-9)26-18(27)17-12(21)2-1-3-13(17)22;13-8-4-10-9(18-12(14,15)19-10)3-7(8)6-1-2-11(16)17-5-6;8-7(11)6-4(9)2-1-3-5(6)10;2-1-3;/h1-8H,(H,25,26,27);1-5H,(H2,16,17);1-3H;1H2;1H4. The summed E-state index contributed by atoms with van der Waals surface area (Å²) in [5.74, 6) is -5.10. The van der Waals surface area contributed by atoms with Crippen molar-refractivity contribution in [3.05, 3.63) is 142 Å². The zero-order chi connectivity index (χ0) is 45.5. The van der Waals surface area contributed by atoms with Crippen molar-refractivity contribution < 1.29 is 63.7 Å². The van der Waals surface area contributed by atoms with E-state index < -0.39 is 58.1 Å². The predicted octanol–water partition coefficient (Wildman–Crippen LogP) is 13.0. The molecule has 0 saturated heterocycles. The minimum atomic E-state index is -3.78. The Morgan fingerprint density at radius 2 is 1.00 bits per heavy atom. The first-order chi connectivity index (χ1) is 29.2. The van der Waals surface area contributed by atoms with Gasteiger partial charge in [-0.15, -0.1) is 40.8 Å². The van der Waals surface area contributed by atoms with Crippen LogP contribution in [0.15, 0.2) is 97.3 Å². The minimum Gasteiger partial charge on any atom is -0.395 e. The Bertz CT molecular complexity index is 2580. The van der Waals surface area contributed by atoms with Crippen molar-refractivity contribution in [3.63, 3.8) is 0 Å². The Balaban J connectivity index is 0.000000220. The fraction of sp³-hybridized carbons (Fsp3) is 0.100. The number of amides is 1. The number of nitrogens with zero attached hydrogens (tertiary/aromatic N) is 2. The Morgan fingerprint density at radius 1 is 0.619 bits per heavy atom. The second kappa shape index (κ2) is 21.1. The molecule has 10 nitrogen and oxygen atoms in total. The second-order valence-electron chi connectivity index (χ2n) is 11.8. The first kappa shape index (κ1) is 49.9. The van der Waals surface area contributed by atoms with E-state index >= 15 is 0 Å². The molecule has 63 heavy (non-hydrogen) atoms. The number of fused-ring (bicyclic) bond motifs is 2. The lowest BCUT2D eigenvalue weighted by Crippen LogP contribution is -2.25. The average Bonchev–Trinajstić information content (AvgIpc) is 3.66. The van der Waals surface area contributed by atoms with Crippen molar-refractivity contribution >= 4 is 80.8 Å². The zero-order valence-electron chi connectivity index (χ0n) is 30.3. The van der Waals surface area contributed by atoms with Gasteiger partial charge in [-0.3, -0.25) is 9.59 Å². The van der Waals surface area contributed by atoms with E-state index in [4.69, 9.17) is 63.7 Å². The number of anilines is 2. The van der Waals surface area contributed by atoms with Gasteiger partial charge in [0.15, 0.2) is 23.0 Å². The summed E-state index contributed by atoms with van der Waals surface area (Å²) in [5.41, 5.74) is 5.94. The van der Waals surface area contributed by atoms with Crippen molar-refractivity contribution in [2.45, 2.75) is 20.0 Å². The molecular formula is C40H25Cl5F8N4O6. The van der Waals surface area contributed by atoms with Gasteiger partial charge in [-0.05, 0) is 72.3 Å². The number of alkyl halides is 6. The van der Waals surface area contributed by atoms with Crippen molar-refractivity contribution in [3.8, 4) is 45.3 Å². The number of aromatic nitrogens is 2. The van der Waals surface area contributed by atoms with Gasteiger partial charge < -0.3 is 30.0 Å². The third kappa shape index (κ3) is 12.7. The quantitative estimate of drug-likeness (QED) is 0.0983. The number of hydrogen-bond acceptors (Lipinski definition) is 9. The number of halogens is 13. The highest BCUT2D eigenvalue weighted by Gasteiger charge is 2.45. The van der Waals surface area contributed by atoms with Crippen LogP contribution >= 0.6 is 58.0 Å². The fourth-order valence-electron chi connectivity index (χ4n) is 5.16. The summed E-state index contributed by atoms with van der Waals surface area (Å²) in [6.45, 7) is 0. The van der Waals surface area contributed by atoms with Gasteiger partial charge in [-0.25, -0.2) is 27.5 Å². The molecule has 2 aliphatic heterocycles. The molecule has 0 aliphatic carbocycles. The molecular weight excluding hydrogens is 962 g/mol. The molecule has 0 bridgehead atoms. The van der Waals surface area contributed by atoms with Crippen LogP contribution in [0.4, 0.5) is 46.8 Å². The number of ether oxygens (including phenoxy) is 4. The number of pyridine rings is 2. The number of benzene rings is 4. The van der Waals surface area contributed by atoms with Gasteiger partial charge in [0.25, 0.3) is 11.1 Å². The van der Waals surface area contributed by atoms with Gasteiger partial charge >= 0.3 is 12.6 Å². The van der Waals surface area contributed by atoms with Gasteiger partial charge in [-0.1, -0.05) is 42.8 Å². The number of nitrogens with two attached hydrogens (primary N) is 1. The molecule has 3 N–H and O–H groups in total. The largest absolute Gasteiger partial charge is 0.586 e. The fourth-order valence-corrected chi connectivity index (χ4v) is 5.86. The van der Waals surface area contributed by atoms with Gasteiger partial charge in [0.1, 0.15) is 46.0 Å². The van der Waals surface area contributed by atoms with Crippen LogP contribution in [0.5, 0.6) is 23.0 Å². The summed E-state index contributed by atoms with van der Waals surface area (Å²) in [6, 6.07) is 17.4. The van der Waals surface area contributed by atoms with Crippen molar-refractivity contribution in [1.82, 2.24) is 9.97 Å². The molecule has 0 radical (unpaired) electrons. The van der Waals surface area contributed by atoms with E-state index in [0.717, 1.165) is 36.4 Å². The summed E-state index contributed by atoms with van der Waals surface area (Å²) in [5, 5.41) is 1.71. The molecule has 6 aromatic rings. The molecule has 0 atom stereocenters. The molecule has 0 saturated carbocycles. The maximum absolute atomic E-state index is 13.7. The molecule has 0 unspecified atom stereocenters. The highest BCUT2D eigenvalue weighted by atomic mass is 35.5. The van der Waals surface area contributed by atoms with Crippen LogP contribution in [0, 0.1) is 23.3 Å². The van der Waals surface area contributed by atoms with Crippen LogP contribution in [0.3, 0.4) is 0 Å². The number of carbonyl (C=O) groups excluding carboxylic acids is 2. The molecule has 23 heteroatoms. The predicted molar refractivity (Wildman–Crippen MR) is 220 cm³/mol. The number of rotatable bonds is 5. The van der Waals surface area contributed by atoms with Crippen molar-refractivity contribution in [1.29, 1.82) is 0 Å². The first-order valence-corrected chi connectivity index (χ1v) is 18.8. The lowest BCUT2D eigenvalue weighted by atomic mass is 10.1. The highest BCUT2D eigenvalue weighted by Crippen LogP contribution is 2.47. The third-order valence-corrected chi connectivity index (χ3v) is 8.56. The molecule has 0 fully saturated rings. The topological polar surface area (TPSA) is 135 Å². The molecule has 0 spiro atoms. The van der Waals surface area contributed by atoms with E-state index in [1.165, 1.54) is 48.8 Å². The number of nitrogen functional groups attached to an aromatic ring is 1. The maximum Gasteiger partial charge on any atom is 0.586 e. The summed E-state index contributed by atoms with van der Waals surface area (Å²) >= 11 is 26.6. The smallest absolute Gasteiger partial charge is 0.395 e. The van der Waals surface area contributed by atoms with Gasteiger partial charge in [0, 0.05) is 46.8 Å². The molecule has 332 valence electrons. The van der Waals surface area contributed by atoms with E-state index in [2.05, 4.69) is 34.2 Å². The SMILES string of the molecule is C.ClCCl.Nc1ccc(-c2cc3c(cc2Cl)OC(F)(F)O3)cn1.O=C(Cl)c1c(F)cccc1F.O=C(Nc1ccc(-c2cc3c(cc2Cl)OC(F)(F)O3)cn1)c1c(F)cccc1F. The lowest BCUT2D eigenvalue weighted by Gasteiger charge is -2.09. The Kier molecular flexibility index (Phi) is 16.7. The van der Waals surface area contributed by atoms with E-state index in [1.54, 1.807) is 12.1 Å². The van der Waals surface area contributed by atoms with Crippen LogP contribution in [0.25, 0.3) is 22.3 Å². The van der Waals surface area contributed by atoms with Crippen LogP contribution in [0.2, 0.25) is 10.0 Å².